The fraction of sp³-hybridized carbons (Fsp3) is 0.462. The van der Waals surface area contributed by atoms with Gasteiger partial charge < -0.3 is 4.74 Å². The van der Waals surface area contributed by atoms with Crippen molar-refractivity contribution >= 4 is 5.78 Å². The molecule has 0 aromatic heterocycles. The molecule has 0 aliphatic heterocycles. The number of ether oxygens (including phenoxy) is 1. The molecule has 82 valence electrons. The molecule has 1 rings (SSSR count). The van der Waals surface area contributed by atoms with Gasteiger partial charge in [0.25, 0.3) is 0 Å². The molecule has 2 nitrogen and oxygen atoms in total. The van der Waals surface area contributed by atoms with Gasteiger partial charge in [0, 0.05) is 6.42 Å². The van der Waals surface area contributed by atoms with Crippen LogP contribution in [-0.2, 0) is 4.79 Å². The molecule has 0 unspecified atom stereocenters. The molecule has 2 heteroatoms. The van der Waals surface area contributed by atoms with Gasteiger partial charge in [-0.2, -0.15) is 0 Å². The Bertz CT molecular complexity index is 322. The van der Waals surface area contributed by atoms with Crippen LogP contribution in [0.5, 0.6) is 5.75 Å². The van der Waals surface area contributed by atoms with Crippen LogP contribution in [0.4, 0.5) is 0 Å². The van der Waals surface area contributed by atoms with Gasteiger partial charge in [-0.1, -0.05) is 13.0 Å². The number of carbonyl (C=O) groups is 1. The predicted molar refractivity (Wildman–Crippen MR) is 61.3 cm³/mol. The molecule has 0 atom stereocenters. The van der Waals surface area contributed by atoms with Crippen molar-refractivity contribution < 1.29 is 9.53 Å². The van der Waals surface area contributed by atoms with Gasteiger partial charge in [-0.05, 0) is 43.5 Å². The van der Waals surface area contributed by atoms with E-state index >= 15 is 0 Å². The molecule has 0 amide bonds. The third-order valence-electron chi connectivity index (χ3n) is 2.12. The minimum absolute atomic E-state index is 0.164. The summed E-state index contributed by atoms with van der Waals surface area (Å²) >= 11 is 0. The lowest BCUT2D eigenvalue weighted by Gasteiger charge is -2.07. The number of Topliss-reactive ketones (excluding diaryl/α,β-unsaturated/α-hetero) is 1. The number of ketones is 1. The van der Waals surface area contributed by atoms with Gasteiger partial charge in [0.05, 0.1) is 0 Å². The van der Waals surface area contributed by atoms with Crippen LogP contribution in [0.25, 0.3) is 0 Å². The Hall–Kier alpha value is -1.31. The van der Waals surface area contributed by atoms with E-state index in [-0.39, 0.29) is 12.4 Å². The van der Waals surface area contributed by atoms with E-state index in [1.807, 2.05) is 32.9 Å². The zero-order valence-corrected chi connectivity index (χ0v) is 9.67. The second-order valence-electron chi connectivity index (χ2n) is 3.90. The summed E-state index contributed by atoms with van der Waals surface area (Å²) in [7, 11) is 0. The highest BCUT2D eigenvalue weighted by Gasteiger charge is 2.02. The second-order valence-corrected chi connectivity index (χ2v) is 3.90. The number of carbonyl (C=O) groups excluding carboxylic acids is 1. The molecule has 15 heavy (non-hydrogen) atoms. The van der Waals surface area contributed by atoms with Crippen LogP contribution < -0.4 is 4.74 Å². The molecule has 0 aliphatic rings. The van der Waals surface area contributed by atoms with Gasteiger partial charge in [-0.25, -0.2) is 0 Å². The van der Waals surface area contributed by atoms with Gasteiger partial charge in [-0.3, -0.25) is 4.79 Å². The molecule has 0 aliphatic carbocycles. The summed E-state index contributed by atoms with van der Waals surface area (Å²) < 4.78 is 5.43. The third kappa shape index (κ3) is 4.15. The first-order chi connectivity index (χ1) is 7.11. The van der Waals surface area contributed by atoms with E-state index in [1.165, 1.54) is 0 Å². The molecular weight excluding hydrogens is 188 g/mol. The Kier molecular flexibility index (Phi) is 4.35. The second kappa shape index (κ2) is 5.54. The number of rotatable bonds is 5. The Balaban J connectivity index is 2.54. The van der Waals surface area contributed by atoms with Crippen molar-refractivity contribution in [2.24, 2.45) is 0 Å². The lowest BCUT2D eigenvalue weighted by atomic mass is 10.1. The van der Waals surface area contributed by atoms with Crippen molar-refractivity contribution in [3.8, 4) is 5.75 Å². The van der Waals surface area contributed by atoms with E-state index in [1.54, 1.807) is 0 Å². The fourth-order valence-electron chi connectivity index (χ4n) is 1.53. The molecule has 0 spiro atoms. The SMILES string of the molecule is CCCC(=O)COc1cc(C)cc(C)c1. The summed E-state index contributed by atoms with van der Waals surface area (Å²) in [5.74, 6) is 0.952. The maximum atomic E-state index is 11.3. The molecule has 0 saturated carbocycles. The minimum Gasteiger partial charge on any atom is -0.486 e. The normalized spacial score (nSPS) is 10.1. The Morgan fingerprint density at radius 1 is 1.20 bits per heavy atom. The molecular formula is C13H18O2. The van der Waals surface area contributed by atoms with Gasteiger partial charge in [0.15, 0.2) is 5.78 Å². The summed E-state index contributed by atoms with van der Waals surface area (Å²) in [6.07, 6.45) is 1.49. The van der Waals surface area contributed by atoms with E-state index in [9.17, 15) is 4.79 Å². The Labute approximate surface area is 91.3 Å². The zero-order chi connectivity index (χ0) is 11.3. The number of aryl methyl sites for hydroxylation is 2. The van der Waals surface area contributed by atoms with Gasteiger partial charge >= 0.3 is 0 Å². The van der Waals surface area contributed by atoms with Crippen molar-refractivity contribution in [2.75, 3.05) is 6.61 Å². The average Bonchev–Trinajstić information content (AvgIpc) is 2.14. The highest BCUT2D eigenvalue weighted by Crippen LogP contribution is 2.16. The molecule has 1 aromatic rings. The van der Waals surface area contributed by atoms with Crippen LogP contribution in [0.2, 0.25) is 0 Å². The van der Waals surface area contributed by atoms with E-state index in [0.717, 1.165) is 23.3 Å². The summed E-state index contributed by atoms with van der Waals surface area (Å²) in [4.78, 5) is 11.3. The predicted octanol–water partition coefficient (Wildman–Crippen LogP) is 3.05. The molecule has 0 saturated heterocycles. The molecule has 0 fully saturated rings. The average molecular weight is 206 g/mol. The van der Waals surface area contributed by atoms with Crippen LogP contribution in [0.3, 0.4) is 0 Å². The van der Waals surface area contributed by atoms with E-state index in [2.05, 4.69) is 6.07 Å². The molecule has 1 aromatic carbocycles. The highest BCUT2D eigenvalue weighted by molar-refractivity contribution is 5.79. The lowest BCUT2D eigenvalue weighted by Crippen LogP contribution is -2.10. The molecule has 0 N–H and O–H groups in total. The van der Waals surface area contributed by atoms with Crippen molar-refractivity contribution in [1.29, 1.82) is 0 Å². The third-order valence-corrected chi connectivity index (χ3v) is 2.12. The summed E-state index contributed by atoms with van der Waals surface area (Å²) in [6.45, 7) is 6.23. The molecule has 0 radical (unpaired) electrons. The Morgan fingerprint density at radius 2 is 1.80 bits per heavy atom. The maximum Gasteiger partial charge on any atom is 0.170 e. The first-order valence-corrected chi connectivity index (χ1v) is 5.34. The number of benzene rings is 1. The first kappa shape index (κ1) is 11.8. The van der Waals surface area contributed by atoms with Gasteiger partial charge in [-0.15, -0.1) is 0 Å². The molecule has 0 heterocycles. The summed E-state index contributed by atoms with van der Waals surface area (Å²) in [5.41, 5.74) is 2.32. The van der Waals surface area contributed by atoms with Gasteiger partial charge in [0.2, 0.25) is 0 Å². The van der Waals surface area contributed by atoms with Crippen LogP contribution >= 0.6 is 0 Å². The van der Waals surface area contributed by atoms with E-state index < -0.39 is 0 Å². The summed E-state index contributed by atoms with van der Waals surface area (Å²) in [5, 5.41) is 0. The Morgan fingerprint density at radius 3 is 2.33 bits per heavy atom. The standard InChI is InChI=1S/C13H18O2/c1-4-5-12(14)9-15-13-7-10(2)6-11(3)8-13/h6-8H,4-5,9H2,1-3H3. The minimum atomic E-state index is 0.164. The van der Waals surface area contributed by atoms with Crippen molar-refractivity contribution in [3.63, 3.8) is 0 Å². The zero-order valence-electron chi connectivity index (χ0n) is 9.67. The quantitative estimate of drug-likeness (QED) is 0.740. The highest BCUT2D eigenvalue weighted by atomic mass is 16.5. The van der Waals surface area contributed by atoms with Crippen molar-refractivity contribution in [3.05, 3.63) is 29.3 Å². The van der Waals surface area contributed by atoms with E-state index in [4.69, 9.17) is 4.74 Å². The maximum absolute atomic E-state index is 11.3. The van der Waals surface area contributed by atoms with Crippen molar-refractivity contribution in [1.82, 2.24) is 0 Å². The number of hydrogen-bond donors (Lipinski definition) is 0. The van der Waals surface area contributed by atoms with Crippen LogP contribution in [0.15, 0.2) is 18.2 Å². The smallest absolute Gasteiger partial charge is 0.170 e. The summed E-state index contributed by atoms with van der Waals surface area (Å²) in [6, 6.07) is 5.99. The van der Waals surface area contributed by atoms with Crippen LogP contribution in [-0.4, -0.2) is 12.4 Å². The molecule has 0 bridgehead atoms. The van der Waals surface area contributed by atoms with Gasteiger partial charge in [0.1, 0.15) is 12.4 Å². The first-order valence-electron chi connectivity index (χ1n) is 5.34. The van der Waals surface area contributed by atoms with Crippen molar-refractivity contribution in [2.45, 2.75) is 33.6 Å². The fourth-order valence-corrected chi connectivity index (χ4v) is 1.53. The number of hydrogen-bond acceptors (Lipinski definition) is 2. The largest absolute Gasteiger partial charge is 0.486 e. The lowest BCUT2D eigenvalue weighted by molar-refractivity contribution is -0.121. The van der Waals surface area contributed by atoms with Crippen LogP contribution in [0, 0.1) is 13.8 Å². The topological polar surface area (TPSA) is 26.3 Å². The monoisotopic (exact) mass is 206 g/mol. The van der Waals surface area contributed by atoms with Crippen LogP contribution in [0.1, 0.15) is 30.9 Å². The van der Waals surface area contributed by atoms with E-state index in [0.29, 0.717) is 6.42 Å².